The van der Waals surface area contributed by atoms with Crippen molar-refractivity contribution in [2.45, 2.75) is 13.1 Å². The Balaban J connectivity index is 2.48. The molecule has 0 aliphatic rings. The van der Waals surface area contributed by atoms with Crippen LogP contribution in [0.2, 0.25) is 13.1 Å². The van der Waals surface area contributed by atoms with Crippen LogP contribution in [0.4, 0.5) is 5.69 Å². The summed E-state index contributed by atoms with van der Waals surface area (Å²) in [7, 11) is -0.333. The fraction of sp³-hybridized carbons (Fsp3) is 0.462. The van der Waals surface area contributed by atoms with Crippen LogP contribution in [-0.2, 0) is 0 Å². The maximum atomic E-state index is 11.8. The average molecular weight is 281 g/mol. The highest BCUT2D eigenvalue weighted by atomic mass is 28.4. The van der Waals surface area contributed by atoms with E-state index in [1.807, 2.05) is 19.2 Å². The van der Waals surface area contributed by atoms with Crippen molar-refractivity contribution in [1.29, 1.82) is 0 Å². The van der Waals surface area contributed by atoms with E-state index in [0.29, 0.717) is 11.7 Å². The first-order chi connectivity index (χ1) is 8.92. The van der Waals surface area contributed by atoms with Gasteiger partial charge in [-0.05, 0) is 44.4 Å². The zero-order valence-electron chi connectivity index (χ0n) is 11.8. The summed E-state index contributed by atoms with van der Waals surface area (Å²) in [6.07, 6.45) is 0.369. The second kappa shape index (κ2) is 7.27. The lowest BCUT2D eigenvalue weighted by Crippen LogP contribution is -2.42. The number of anilines is 1. The highest BCUT2D eigenvalue weighted by Gasteiger charge is 2.18. The lowest BCUT2D eigenvalue weighted by molar-refractivity contribution is 0.0958. The van der Waals surface area contributed by atoms with Gasteiger partial charge in [0.1, 0.15) is 0 Å². The molecule has 1 rings (SSSR count). The molecule has 0 heterocycles. The molecule has 6 heteroatoms. The van der Waals surface area contributed by atoms with Gasteiger partial charge in [-0.3, -0.25) is 4.79 Å². The van der Waals surface area contributed by atoms with E-state index in [-0.39, 0.29) is 5.91 Å². The average Bonchev–Trinajstić information content (AvgIpc) is 2.36. The molecule has 1 amide bonds. The number of likely N-dealkylation sites (N-methyl/N-ethyl adjacent to an activating group) is 1. The highest BCUT2D eigenvalue weighted by molar-refractivity contribution is 6.70. The maximum absolute atomic E-state index is 11.8. The van der Waals surface area contributed by atoms with E-state index in [9.17, 15) is 9.59 Å². The Labute approximate surface area is 115 Å². The third kappa shape index (κ3) is 6.37. The first-order valence-corrected chi connectivity index (χ1v) is 9.57. The lowest BCUT2D eigenvalue weighted by Gasteiger charge is -2.14. The van der Waals surface area contributed by atoms with Gasteiger partial charge in [0.2, 0.25) is 8.32 Å². The number of rotatable bonds is 7. The zero-order chi connectivity index (χ0) is 14.3. The van der Waals surface area contributed by atoms with Gasteiger partial charge in [-0.25, -0.2) is 0 Å². The number of nitrogens with one attached hydrogen (secondary N) is 3. The molecule has 0 atom stereocenters. The zero-order valence-corrected chi connectivity index (χ0v) is 12.8. The number of hydrogen-bond donors (Lipinski definition) is 4. The van der Waals surface area contributed by atoms with Crippen molar-refractivity contribution < 1.29 is 9.59 Å². The molecule has 0 fully saturated rings. The molecule has 4 N–H and O–H groups in total. The largest absolute Gasteiger partial charge is 0.431 e. The van der Waals surface area contributed by atoms with Crippen LogP contribution in [0.5, 0.6) is 0 Å². The normalized spacial score (nSPS) is 11.2. The molecule has 0 saturated heterocycles. The van der Waals surface area contributed by atoms with Gasteiger partial charge in [0.15, 0.2) is 0 Å². The van der Waals surface area contributed by atoms with Crippen LogP contribution in [0.25, 0.3) is 0 Å². The molecule has 106 valence electrons. The predicted molar refractivity (Wildman–Crippen MR) is 80.9 cm³/mol. The van der Waals surface area contributed by atoms with E-state index >= 15 is 0 Å². The van der Waals surface area contributed by atoms with Gasteiger partial charge in [-0.15, -0.1) is 0 Å². The van der Waals surface area contributed by atoms with Crippen LogP contribution in [0.1, 0.15) is 10.4 Å². The van der Waals surface area contributed by atoms with Crippen LogP contribution in [0.3, 0.4) is 0 Å². The molecule has 0 radical (unpaired) electrons. The van der Waals surface area contributed by atoms with Gasteiger partial charge in [0.05, 0.1) is 0 Å². The van der Waals surface area contributed by atoms with Crippen LogP contribution in [-0.4, -0.2) is 45.3 Å². The number of carbonyl (C=O) groups excluding carboxylic acids is 1. The molecule has 1 aromatic carbocycles. The molecule has 1 aromatic rings. The van der Waals surface area contributed by atoms with E-state index in [2.05, 4.69) is 16.0 Å². The van der Waals surface area contributed by atoms with Gasteiger partial charge in [-0.2, -0.15) is 0 Å². The Morgan fingerprint density at radius 1 is 1.21 bits per heavy atom. The first-order valence-electron chi connectivity index (χ1n) is 6.41. The Morgan fingerprint density at radius 2 is 1.84 bits per heavy atom. The van der Waals surface area contributed by atoms with Crippen molar-refractivity contribution in [2.24, 2.45) is 0 Å². The van der Waals surface area contributed by atoms with E-state index < -0.39 is 8.32 Å². The summed E-state index contributed by atoms with van der Waals surface area (Å²) >= 11 is 0. The number of carbonyl (C=O) groups is 1. The summed E-state index contributed by atoms with van der Waals surface area (Å²) in [5, 5.41) is 9.05. The van der Waals surface area contributed by atoms with E-state index in [0.717, 1.165) is 18.8 Å². The summed E-state index contributed by atoms with van der Waals surface area (Å²) in [4.78, 5) is 21.5. The molecule has 0 aliphatic carbocycles. The van der Waals surface area contributed by atoms with Gasteiger partial charge >= 0.3 is 0 Å². The van der Waals surface area contributed by atoms with Gasteiger partial charge in [-0.1, -0.05) is 0 Å². The van der Waals surface area contributed by atoms with Crippen LogP contribution in [0, 0.1) is 0 Å². The number of amides is 1. The Hall–Kier alpha value is -1.37. The summed E-state index contributed by atoms with van der Waals surface area (Å²) in [5.74, 6) is -0.142. The second-order valence-corrected chi connectivity index (χ2v) is 9.08. The Morgan fingerprint density at radius 3 is 2.37 bits per heavy atom. The van der Waals surface area contributed by atoms with Crippen LogP contribution >= 0.6 is 0 Å². The number of hydrogen-bond acceptors (Lipinski definition) is 4. The van der Waals surface area contributed by atoms with Crippen LogP contribution in [0.15, 0.2) is 24.3 Å². The van der Waals surface area contributed by atoms with Gasteiger partial charge in [0, 0.05) is 30.5 Å². The summed E-state index contributed by atoms with van der Waals surface area (Å²) in [5.41, 5.74) is 1.60. The molecule has 0 bridgehead atoms. The Bertz CT molecular complexity index is 401. The highest BCUT2D eigenvalue weighted by Crippen LogP contribution is 2.09. The summed E-state index contributed by atoms with van der Waals surface area (Å²) in [6, 6.07) is 7.32. The van der Waals surface area contributed by atoms with Crippen molar-refractivity contribution in [3.63, 3.8) is 0 Å². The molecule has 0 aliphatic heterocycles. The maximum Gasteiger partial charge on any atom is 0.251 e. The molecular formula is C13H23N3O2Si. The SMILES string of the molecule is CNCCNc1ccc(C(=O)NC[Si](C)(C)O)cc1. The fourth-order valence-electron chi connectivity index (χ4n) is 1.47. The molecule has 5 nitrogen and oxygen atoms in total. The van der Waals surface area contributed by atoms with Crippen molar-refractivity contribution in [3.8, 4) is 0 Å². The molecule has 0 saturated carbocycles. The second-order valence-electron chi connectivity index (χ2n) is 5.10. The molecule has 0 unspecified atom stereocenters. The fourth-order valence-corrected chi connectivity index (χ4v) is 2.06. The third-order valence-electron chi connectivity index (χ3n) is 2.53. The lowest BCUT2D eigenvalue weighted by atomic mass is 10.2. The smallest absolute Gasteiger partial charge is 0.251 e. The van der Waals surface area contributed by atoms with Crippen molar-refractivity contribution >= 4 is 19.9 Å². The minimum absolute atomic E-state index is 0.142. The third-order valence-corrected chi connectivity index (χ3v) is 3.57. The molecule has 19 heavy (non-hydrogen) atoms. The van der Waals surface area contributed by atoms with Gasteiger partial charge in [0.25, 0.3) is 5.91 Å². The predicted octanol–water partition coefficient (Wildman–Crippen LogP) is 0.784. The molecule has 0 spiro atoms. The summed E-state index contributed by atoms with van der Waals surface area (Å²) < 4.78 is 0. The van der Waals surface area contributed by atoms with Crippen molar-refractivity contribution in [1.82, 2.24) is 10.6 Å². The topological polar surface area (TPSA) is 73.4 Å². The van der Waals surface area contributed by atoms with Crippen molar-refractivity contribution in [3.05, 3.63) is 29.8 Å². The minimum atomic E-state index is -2.24. The molecule has 0 aromatic heterocycles. The monoisotopic (exact) mass is 281 g/mol. The van der Waals surface area contributed by atoms with Crippen LogP contribution < -0.4 is 16.0 Å². The minimum Gasteiger partial charge on any atom is -0.431 e. The van der Waals surface area contributed by atoms with Gasteiger partial charge < -0.3 is 20.7 Å². The molecular weight excluding hydrogens is 258 g/mol. The summed E-state index contributed by atoms with van der Waals surface area (Å²) in [6.45, 7) is 5.31. The quantitative estimate of drug-likeness (QED) is 0.440. The Kier molecular flexibility index (Phi) is 6.00. The van der Waals surface area contributed by atoms with E-state index in [1.165, 1.54) is 0 Å². The standard InChI is InChI=1S/C13H23N3O2Si/c1-14-8-9-15-12-6-4-11(5-7-12)13(17)16-10-19(2,3)18/h4-7,14-15,18H,8-10H2,1-3H3,(H,16,17). The van der Waals surface area contributed by atoms with E-state index in [4.69, 9.17) is 0 Å². The van der Waals surface area contributed by atoms with E-state index in [1.54, 1.807) is 25.2 Å². The van der Waals surface area contributed by atoms with Crippen molar-refractivity contribution in [2.75, 3.05) is 31.6 Å². The number of benzene rings is 1. The first kappa shape index (κ1) is 15.7.